The maximum Gasteiger partial charge on any atom is 0.394 e. The van der Waals surface area contributed by atoms with Gasteiger partial charge < -0.3 is 15.0 Å². The molecule has 1 aromatic heterocycles. The van der Waals surface area contributed by atoms with E-state index >= 15 is 4.39 Å². The number of hydrogen-bond acceptors (Lipinski definition) is 7. The smallest absolute Gasteiger partial charge is 0.394 e. The molecule has 0 saturated heterocycles. The van der Waals surface area contributed by atoms with Gasteiger partial charge in [0, 0.05) is 11.5 Å². The van der Waals surface area contributed by atoms with Gasteiger partial charge in [0.05, 0.1) is 47.0 Å². The zero-order valence-corrected chi connectivity index (χ0v) is 21.4. The zero-order chi connectivity index (χ0) is 26.1. The van der Waals surface area contributed by atoms with Crippen molar-refractivity contribution in [3.8, 4) is 0 Å². The van der Waals surface area contributed by atoms with Crippen molar-refractivity contribution in [1.29, 1.82) is 0 Å². The van der Waals surface area contributed by atoms with E-state index in [2.05, 4.69) is 31.7 Å². The number of rotatable bonds is 6. The molecule has 0 aliphatic heterocycles. The van der Waals surface area contributed by atoms with Crippen LogP contribution in [0.1, 0.15) is 24.2 Å². The van der Waals surface area contributed by atoms with E-state index in [0.717, 1.165) is 4.47 Å². The van der Waals surface area contributed by atoms with Crippen LogP contribution in [0.5, 0.6) is 0 Å². The molecule has 3 aromatic rings. The van der Waals surface area contributed by atoms with Crippen molar-refractivity contribution < 1.29 is 36.7 Å². The number of hydrogen-bond donors (Lipinski definition) is 5. The summed E-state index contributed by atoms with van der Waals surface area (Å²) in [5, 5.41) is 12.0. The van der Waals surface area contributed by atoms with Crippen molar-refractivity contribution in [2.45, 2.75) is 13.8 Å². The second-order valence-corrected chi connectivity index (χ2v) is 8.26. The van der Waals surface area contributed by atoms with Gasteiger partial charge in [-0.15, -0.1) is 0 Å². The number of aliphatic hydroxyl groups is 1. The van der Waals surface area contributed by atoms with Gasteiger partial charge in [-0.2, -0.15) is 8.42 Å². The normalized spacial score (nSPS) is 10.6. The highest BCUT2D eigenvalue weighted by Crippen LogP contribution is 2.34. The van der Waals surface area contributed by atoms with E-state index < -0.39 is 22.1 Å². The number of imidazole rings is 1. The van der Waals surface area contributed by atoms with Crippen LogP contribution in [0.3, 0.4) is 0 Å². The highest BCUT2D eigenvalue weighted by molar-refractivity contribution is 9.10. The molecule has 5 N–H and O–H groups in total. The van der Waals surface area contributed by atoms with Crippen molar-refractivity contribution in [3.63, 3.8) is 0 Å². The summed E-state index contributed by atoms with van der Waals surface area (Å²) in [6.45, 7) is 3.64. The summed E-state index contributed by atoms with van der Waals surface area (Å²) in [7, 11) is -2.97. The number of aromatic nitrogens is 2. The number of aliphatic hydroxyl groups excluding tert-OH is 1. The Morgan fingerprint density at radius 1 is 1.29 bits per heavy atom. The molecule has 2 aromatic carbocycles. The van der Waals surface area contributed by atoms with E-state index in [-0.39, 0.29) is 30.0 Å². The number of halogens is 3. The molecule has 0 spiro atoms. The first-order valence-electron chi connectivity index (χ1n) is 9.50. The highest BCUT2D eigenvalue weighted by Gasteiger charge is 2.22. The Balaban J connectivity index is 0.000000733. The molecule has 0 radical (unpaired) electrons. The van der Waals surface area contributed by atoms with Crippen LogP contribution in [-0.4, -0.2) is 51.3 Å². The van der Waals surface area contributed by atoms with Crippen molar-refractivity contribution in [2.24, 2.45) is 7.05 Å². The quantitative estimate of drug-likeness (QED) is 0.164. The molecule has 1 amide bonds. The van der Waals surface area contributed by atoms with E-state index in [4.69, 9.17) is 39.1 Å². The number of nitrogens with one attached hydrogen (secondary N) is 2. The predicted octanol–water partition coefficient (Wildman–Crippen LogP) is 3.90. The highest BCUT2D eigenvalue weighted by atomic mass is 79.9. The molecule has 188 valence electrons. The molecule has 0 atom stereocenters. The van der Waals surface area contributed by atoms with Crippen LogP contribution < -0.4 is 10.8 Å². The first-order chi connectivity index (χ1) is 15.9. The first-order valence-corrected chi connectivity index (χ1v) is 12.1. The third-order valence-corrected chi connectivity index (χ3v) is 4.56. The maximum absolute atomic E-state index is 15.1. The number of aryl methyl sites for hydroxylation is 1. The minimum absolute atomic E-state index is 0.000486. The molecule has 0 bridgehead atoms. The van der Waals surface area contributed by atoms with Gasteiger partial charge in [0.15, 0.2) is 5.82 Å². The fourth-order valence-corrected chi connectivity index (χ4v) is 3.19. The molecule has 0 saturated carbocycles. The predicted molar refractivity (Wildman–Crippen MR) is 129 cm³/mol. The average molecular weight is 586 g/mol. The Morgan fingerprint density at radius 2 is 1.91 bits per heavy atom. The van der Waals surface area contributed by atoms with E-state index in [1.165, 1.54) is 12.4 Å². The van der Waals surface area contributed by atoms with Gasteiger partial charge >= 0.3 is 10.4 Å². The van der Waals surface area contributed by atoms with Gasteiger partial charge in [0.2, 0.25) is 0 Å². The Hall–Kier alpha value is -2.33. The molecule has 0 aliphatic rings. The summed E-state index contributed by atoms with van der Waals surface area (Å²) in [6.07, 6.45) is 1.45. The summed E-state index contributed by atoms with van der Waals surface area (Å²) in [6, 6.07) is 6.53. The van der Waals surface area contributed by atoms with Crippen LogP contribution >= 0.6 is 27.5 Å². The number of amides is 1. The fraction of sp³-hybridized carbons (Fsp3) is 0.263. The van der Waals surface area contributed by atoms with E-state index in [1.807, 2.05) is 13.8 Å². The number of anilines is 2. The Kier molecular flexibility index (Phi) is 11.8. The zero-order valence-electron chi connectivity index (χ0n) is 18.2. The van der Waals surface area contributed by atoms with E-state index in [9.17, 15) is 4.79 Å². The van der Waals surface area contributed by atoms with Gasteiger partial charge in [0.1, 0.15) is 5.52 Å². The number of fused-ring (bicyclic) bond motifs is 1. The lowest BCUT2D eigenvalue weighted by molar-refractivity contribution is 0.0169. The summed E-state index contributed by atoms with van der Waals surface area (Å²) < 4.78 is 49.1. The molecule has 3 rings (SSSR count). The number of carbonyl (C=O) groups is 1. The lowest BCUT2D eigenvalue weighted by atomic mass is 10.1. The van der Waals surface area contributed by atoms with Crippen LogP contribution in [-0.2, 0) is 22.3 Å². The SMILES string of the molecule is CC.Cn1cnc2c(F)c(Nc3ccc(Br)cc3Cl)c(C(=O)NOCCO)cc21.O=S(=O)(O)O. The number of carbonyl (C=O) groups excluding carboxylic acids is 1. The van der Waals surface area contributed by atoms with Crippen molar-refractivity contribution in [1.82, 2.24) is 15.0 Å². The molecule has 34 heavy (non-hydrogen) atoms. The third-order valence-electron chi connectivity index (χ3n) is 3.75. The van der Waals surface area contributed by atoms with Crippen LogP contribution in [0.25, 0.3) is 11.0 Å². The molecule has 0 unspecified atom stereocenters. The molecule has 1 heterocycles. The number of hydroxylamine groups is 1. The second-order valence-electron chi connectivity index (χ2n) is 6.04. The van der Waals surface area contributed by atoms with Gasteiger partial charge in [-0.3, -0.25) is 18.7 Å². The minimum atomic E-state index is -4.67. The van der Waals surface area contributed by atoms with E-state index in [0.29, 0.717) is 16.2 Å². The summed E-state index contributed by atoms with van der Waals surface area (Å²) >= 11 is 9.51. The van der Waals surface area contributed by atoms with Crippen molar-refractivity contribution in [2.75, 3.05) is 18.5 Å². The standard InChI is InChI=1S/C17H15BrClFN4O3.C2H6.H2O4S/c1-24-8-21-16-13(24)7-10(17(26)23-27-5-4-25)15(14(16)20)22-12-3-2-9(18)6-11(12)19;1-2;1-5(2,3)4/h2-3,6-8,22,25H,4-5H2,1H3,(H,23,26);1-2H3;(H2,1,2,3,4). The summed E-state index contributed by atoms with van der Waals surface area (Å²) in [5.74, 6) is -1.37. The first kappa shape index (κ1) is 29.7. The van der Waals surface area contributed by atoms with Crippen molar-refractivity contribution in [3.05, 3.63) is 51.5 Å². The van der Waals surface area contributed by atoms with Crippen LogP contribution in [0.2, 0.25) is 5.02 Å². The van der Waals surface area contributed by atoms with Gasteiger partial charge in [-0.25, -0.2) is 14.9 Å². The lowest BCUT2D eigenvalue weighted by Crippen LogP contribution is -2.26. The Morgan fingerprint density at radius 3 is 2.47 bits per heavy atom. The lowest BCUT2D eigenvalue weighted by Gasteiger charge is -2.15. The van der Waals surface area contributed by atoms with Gasteiger partial charge in [-0.1, -0.05) is 41.4 Å². The number of benzene rings is 2. The summed E-state index contributed by atoms with van der Waals surface area (Å²) in [5.41, 5.74) is 3.06. The Labute approximate surface area is 208 Å². The monoisotopic (exact) mass is 584 g/mol. The van der Waals surface area contributed by atoms with E-state index in [1.54, 1.807) is 29.8 Å². The molecule has 0 aliphatic carbocycles. The average Bonchev–Trinajstić information content (AvgIpc) is 3.13. The van der Waals surface area contributed by atoms with Crippen LogP contribution in [0.15, 0.2) is 35.1 Å². The van der Waals surface area contributed by atoms with Crippen molar-refractivity contribution >= 4 is 66.2 Å². The second kappa shape index (κ2) is 13.5. The molecule has 11 nitrogen and oxygen atoms in total. The molecular formula is C19H23BrClFN4O7S. The van der Waals surface area contributed by atoms with Gasteiger partial charge in [-0.05, 0) is 24.3 Å². The third kappa shape index (κ3) is 8.79. The molecule has 0 fully saturated rings. The largest absolute Gasteiger partial charge is 0.394 e. The molecular weight excluding hydrogens is 563 g/mol. The maximum atomic E-state index is 15.1. The van der Waals surface area contributed by atoms with Gasteiger partial charge in [0.25, 0.3) is 5.91 Å². The minimum Gasteiger partial charge on any atom is -0.394 e. The van der Waals surface area contributed by atoms with Crippen LogP contribution in [0, 0.1) is 5.82 Å². The molecule has 15 heteroatoms. The van der Waals surface area contributed by atoms with Crippen LogP contribution in [0.4, 0.5) is 15.8 Å². The Bertz CT molecular complexity index is 1230. The fourth-order valence-electron chi connectivity index (χ4n) is 2.47. The topological polar surface area (TPSA) is 163 Å². The summed E-state index contributed by atoms with van der Waals surface area (Å²) in [4.78, 5) is 21.4. The number of nitrogens with zero attached hydrogens (tertiary/aromatic N) is 2.